The maximum Gasteiger partial charge on any atom is 0.120 e. The van der Waals surface area contributed by atoms with Gasteiger partial charge in [0.25, 0.3) is 0 Å². The summed E-state index contributed by atoms with van der Waals surface area (Å²) < 4.78 is 5.63. The van der Waals surface area contributed by atoms with Crippen molar-refractivity contribution in [3.8, 4) is 5.75 Å². The molecule has 0 aliphatic heterocycles. The van der Waals surface area contributed by atoms with E-state index in [4.69, 9.17) is 22.1 Å². The highest BCUT2D eigenvalue weighted by atomic mass is 35.5. The van der Waals surface area contributed by atoms with Crippen LogP contribution in [0.2, 0.25) is 5.02 Å². The van der Waals surface area contributed by atoms with Crippen molar-refractivity contribution in [1.82, 2.24) is 4.98 Å². The monoisotopic (exact) mass is 296 g/mol. The topological polar surface area (TPSA) is 48.1 Å². The van der Waals surface area contributed by atoms with Crippen molar-refractivity contribution < 1.29 is 4.74 Å². The fraction of sp³-hybridized carbons (Fsp3) is 0.357. The average molecular weight is 297 g/mol. The second-order valence-electron chi connectivity index (χ2n) is 4.48. The summed E-state index contributed by atoms with van der Waals surface area (Å²) in [4.78, 5) is 5.73. The number of benzene rings is 1. The Labute approximate surface area is 122 Å². The Hall–Kier alpha value is -1.10. The molecule has 0 aliphatic carbocycles. The number of aromatic nitrogens is 1. The minimum Gasteiger partial charge on any atom is -0.492 e. The van der Waals surface area contributed by atoms with E-state index in [1.165, 1.54) is 4.88 Å². The molecule has 0 saturated heterocycles. The van der Waals surface area contributed by atoms with Crippen LogP contribution in [0.1, 0.15) is 15.6 Å². The van der Waals surface area contributed by atoms with Crippen LogP contribution in [0.5, 0.6) is 5.75 Å². The minimum absolute atomic E-state index is 0.0658. The highest BCUT2D eigenvalue weighted by Crippen LogP contribution is 2.19. The molecule has 0 amide bonds. The number of aryl methyl sites for hydroxylation is 2. The van der Waals surface area contributed by atoms with Gasteiger partial charge in [0.05, 0.1) is 10.7 Å². The number of hydrogen-bond donors (Lipinski definition) is 1. The van der Waals surface area contributed by atoms with Crippen molar-refractivity contribution in [3.05, 3.63) is 44.9 Å². The second-order valence-corrected chi connectivity index (χ2v) is 6.21. The number of rotatable bonds is 5. The first-order chi connectivity index (χ1) is 9.04. The molecule has 1 atom stereocenters. The lowest BCUT2D eigenvalue weighted by Crippen LogP contribution is -2.30. The lowest BCUT2D eigenvalue weighted by atomic mass is 10.2. The van der Waals surface area contributed by atoms with Gasteiger partial charge < -0.3 is 10.5 Å². The smallest absolute Gasteiger partial charge is 0.120 e. The fourth-order valence-corrected chi connectivity index (χ4v) is 2.88. The zero-order valence-corrected chi connectivity index (χ0v) is 12.6. The van der Waals surface area contributed by atoms with Gasteiger partial charge in [0, 0.05) is 22.4 Å². The first-order valence-corrected chi connectivity index (χ1v) is 7.31. The second kappa shape index (κ2) is 6.37. The van der Waals surface area contributed by atoms with Crippen LogP contribution in [0.4, 0.5) is 0 Å². The van der Waals surface area contributed by atoms with Gasteiger partial charge in [0.2, 0.25) is 0 Å². The Balaban J connectivity index is 1.86. The molecule has 0 aliphatic rings. The van der Waals surface area contributed by atoms with E-state index in [1.807, 2.05) is 25.1 Å². The number of nitrogens with zero attached hydrogens (tertiary/aromatic N) is 1. The van der Waals surface area contributed by atoms with Gasteiger partial charge in [-0.15, -0.1) is 11.3 Å². The molecule has 0 bridgehead atoms. The molecule has 1 unspecified atom stereocenters. The Morgan fingerprint density at radius 3 is 2.84 bits per heavy atom. The largest absolute Gasteiger partial charge is 0.492 e. The third kappa shape index (κ3) is 4.20. The van der Waals surface area contributed by atoms with Crippen molar-refractivity contribution in [2.45, 2.75) is 26.3 Å². The summed E-state index contributed by atoms with van der Waals surface area (Å²) in [7, 11) is 0. The van der Waals surface area contributed by atoms with E-state index in [1.54, 1.807) is 17.4 Å². The first-order valence-electron chi connectivity index (χ1n) is 6.11. The van der Waals surface area contributed by atoms with Gasteiger partial charge in [-0.2, -0.15) is 0 Å². The molecule has 3 nitrogen and oxygen atoms in total. The summed E-state index contributed by atoms with van der Waals surface area (Å²) in [5.41, 5.74) is 7.15. The molecule has 0 saturated carbocycles. The molecule has 102 valence electrons. The third-order valence-corrected chi connectivity index (χ3v) is 4.10. The van der Waals surface area contributed by atoms with Gasteiger partial charge in [0.15, 0.2) is 0 Å². The summed E-state index contributed by atoms with van der Waals surface area (Å²) in [5.74, 6) is 0.745. The number of hydrogen-bond acceptors (Lipinski definition) is 4. The first kappa shape index (κ1) is 14.3. The molecule has 0 spiro atoms. The average Bonchev–Trinajstić information content (AvgIpc) is 2.66. The molecule has 2 rings (SSSR count). The zero-order chi connectivity index (χ0) is 13.8. The lowest BCUT2D eigenvalue weighted by Gasteiger charge is -2.12. The highest BCUT2D eigenvalue weighted by Gasteiger charge is 2.10. The van der Waals surface area contributed by atoms with E-state index < -0.39 is 0 Å². The van der Waals surface area contributed by atoms with Crippen LogP contribution in [0.25, 0.3) is 0 Å². The predicted octanol–water partition coefficient (Wildman–Crippen LogP) is 3.36. The molecular formula is C14H17ClN2OS. The van der Waals surface area contributed by atoms with Crippen LogP contribution in [-0.4, -0.2) is 17.6 Å². The molecular weight excluding hydrogens is 280 g/mol. The highest BCUT2D eigenvalue weighted by molar-refractivity contribution is 7.11. The van der Waals surface area contributed by atoms with Gasteiger partial charge in [-0.05, 0) is 32.0 Å². The fourth-order valence-electron chi connectivity index (χ4n) is 1.67. The minimum atomic E-state index is -0.0658. The Kier molecular flexibility index (Phi) is 4.80. The van der Waals surface area contributed by atoms with Gasteiger partial charge >= 0.3 is 0 Å². The van der Waals surface area contributed by atoms with Crippen LogP contribution in [0.3, 0.4) is 0 Å². The van der Waals surface area contributed by atoms with Gasteiger partial charge in [-0.25, -0.2) is 4.98 Å². The predicted molar refractivity (Wildman–Crippen MR) is 80.2 cm³/mol. The number of ether oxygens (including phenoxy) is 1. The summed E-state index contributed by atoms with van der Waals surface area (Å²) in [6, 6.07) is 7.26. The molecule has 19 heavy (non-hydrogen) atoms. The SMILES string of the molecule is Cc1nc(CC(N)COc2cccc(Cl)c2)sc1C. The molecule has 2 aromatic rings. The van der Waals surface area contributed by atoms with E-state index in [9.17, 15) is 0 Å². The summed E-state index contributed by atoms with van der Waals surface area (Å²) in [5, 5.41) is 1.73. The van der Waals surface area contributed by atoms with Crippen molar-refractivity contribution in [2.75, 3.05) is 6.61 Å². The normalized spacial score (nSPS) is 12.4. The summed E-state index contributed by atoms with van der Waals surface area (Å²) in [6.45, 7) is 4.55. The molecule has 1 heterocycles. The van der Waals surface area contributed by atoms with Crippen LogP contribution in [0.15, 0.2) is 24.3 Å². The van der Waals surface area contributed by atoms with E-state index in [0.717, 1.165) is 22.9 Å². The molecule has 5 heteroatoms. The van der Waals surface area contributed by atoms with E-state index in [-0.39, 0.29) is 6.04 Å². The number of halogens is 1. The number of thiazole rings is 1. The quantitative estimate of drug-likeness (QED) is 0.920. The van der Waals surface area contributed by atoms with Crippen molar-refractivity contribution in [1.29, 1.82) is 0 Å². The summed E-state index contributed by atoms with van der Waals surface area (Å²) in [6.07, 6.45) is 0.736. The molecule has 0 radical (unpaired) electrons. The molecule has 2 N–H and O–H groups in total. The summed E-state index contributed by atoms with van der Waals surface area (Å²) >= 11 is 7.59. The van der Waals surface area contributed by atoms with Crippen molar-refractivity contribution in [3.63, 3.8) is 0 Å². The molecule has 1 aromatic heterocycles. The maximum atomic E-state index is 6.06. The van der Waals surface area contributed by atoms with Crippen LogP contribution >= 0.6 is 22.9 Å². The van der Waals surface area contributed by atoms with Crippen LogP contribution in [0, 0.1) is 13.8 Å². The van der Waals surface area contributed by atoms with Crippen molar-refractivity contribution in [2.24, 2.45) is 5.73 Å². The van der Waals surface area contributed by atoms with Gasteiger partial charge in [-0.3, -0.25) is 0 Å². The zero-order valence-electron chi connectivity index (χ0n) is 11.0. The van der Waals surface area contributed by atoms with E-state index >= 15 is 0 Å². The molecule has 1 aromatic carbocycles. The Morgan fingerprint density at radius 2 is 2.21 bits per heavy atom. The standard InChI is InChI=1S/C14H17ClN2OS/c1-9-10(2)19-14(17-9)7-12(16)8-18-13-5-3-4-11(15)6-13/h3-6,12H,7-8,16H2,1-2H3. The number of nitrogens with two attached hydrogens (primary N) is 1. The van der Waals surface area contributed by atoms with E-state index in [0.29, 0.717) is 11.6 Å². The van der Waals surface area contributed by atoms with Crippen LogP contribution in [-0.2, 0) is 6.42 Å². The Morgan fingerprint density at radius 1 is 1.42 bits per heavy atom. The van der Waals surface area contributed by atoms with Crippen LogP contribution < -0.4 is 10.5 Å². The molecule has 0 fully saturated rings. The van der Waals surface area contributed by atoms with Gasteiger partial charge in [0.1, 0.15) is 12.4 Å². The van der Waals surface area contributed by atoms with E-state index in [2.05, 4.69) is 11.9 Å². The van der Waals surface area contributed by atoms with Gasteiger partial charge in [-0.1, -0.05) is 17.7 Å². The Bertz CT molecular complexity index is 537. The maximum absolute atomic E-state index is 6.06. The lowest BCUT2D eigenvalue weighted by molar-refractivity contribution is 0.287. The third-order valence-electron chi connectivity index (χ3n) is 2.77. The van der Waals surface area contributed by atoms with Crippen molar-refractivity contribution >= 4 is 22.9 Å².